The highest BCUT2D eigenvalue weighted by atomic mass is 16.5. The molecule has 0 aliphatic heterocycles. The van der Waals surface area contributed by atoms with Crippen LogP contribution in [-0.4, -0.2) is 36.4 Å². The van der Waals surface area contributed by atoms with Gasteiger partial charge in [-0.2, -0.15) is 0 Å². The molecule has 0 bridgehead atoms. The molecule has 5 heteroatoms. The van der Waals surface area contributed by atoms with Gasteiger partial charge in [0.1, 0.15) is 0 Å². The van der Waals surface area contributed by atoms with Crippen molar-refractivity contribution in [2.75, 3.05) is 21.3 Å². The van der Waals surface area contributed by atoms with Crippen LogP contribution in [0.5, 0.6) is 23.0 Å². The molecule has 0 heterocycles. The number of aromatic hydroxyl groups is 2. The first-order valence-corrected chi connectivity index (χ1v) is 6.93. The summed E-state index contributed by atoms with van der Waals surface area (Å²) in [5.74, 6) is 1.20. The monoisotopic (exact) mass is 303 g/mol. The third-order valence-corrected chi connectivity index (χ3v) is 3.39. The minimum absolute atomic E-state index is 0.133. The number of hydrogen-bond donors (Lipinski definition) is 2. The molecule has 0 atom stereocenters. The number of phenols is 2. The molecule has 0 aromatic heterocycles. The molecule has 2 rings (SSSR count). The van der Waals surface area contributed by atoms with Crippen LogP contribution in [0, 0.1) is 0 Å². The van der Waals surface area contributed by atoms with Gasteiger partial charge in [-0.1, -0.05) is 12.1 Å². The molecule has 0 aliphatic carbocycles. The van der Waals surface area contributed by atoms with Crippen molar-refractivity contribution in [3.05, 3.63) is 47.5 Å². The van der Waals surface area contributed by atoms with Gasteiger partial charge >= 0.3 is 0 Å². The SMILES string of the molecule is COc1ccc(CN(C)Cc2ccc(O)c(OC)c2)cc1O. The number of phenolic OH excluding ortho intramolecular Hbond substituents is 2. The second-order valence-electron chi connectivity index (χ2n) is 5.18. The van der Waals surface area contributed by atoms with E-state index >= 15 is 0 Å². The van der Waals surface area contributed by atoms with Crippen molar-refractivity contribution in [3.8, 4) is 23.0 Å². The highest BCUT2D eigenvalue weighted by Gasteiger charge is 2.08. The topological polar surface area (TPSA) is 62.2 Å². The molecule has 0 spiro atoms. The van der Waals surface area contributed by atoms with Gasteiger partial charge in [-0.25, -0.2) is 0 Å². The predicted octanol–water partition coefficient (Wildman–Crippen LogP) is 2.75. The quantitative estimate of drug-likeness (QED) is 0.859. The zero-order valence-electron chi connectivity index (χ0n) is 13.0. The maximum absolute atomic E-state index is 9.80. The van der Waals surface area contributed by atoms with Crippen molar-refractivity contribution >= 4 is 0 Å². The fraction of sp³-hybridized carbons (Fsp3) is 0.294. The first-order valence-electron chi connectivity index (χ1n) is 6.93. The maximum Gasteiger partial charge on any atom is 0.160 e. The van der Waals surface area contributed by atoms with E-state index in [1.165, 1.54) is 14.2 Å². The Morgan fingerprint density at radius 2 is 1.41 bits per heavy atom. The maximum atomic E-state index is 9.80. The standard InChI is InChI=1S/C17H21NO4/c1-18(10-12-5-7-16(21-2)15(20)8-12)11-13-4-6-14(19)17(9-13)22-3/h4-9,19-20H,10-11H2,1-3H3. The Balaban J connectivity index is 2.03. The number of benzene rings is 2. The van der Waals surface area contributed by atoms with Gasteiger partial charge in [-0.3, -0.25) is 4.90 Å². The molecule has 0 saturated heterocycles. The lowest BCUT2D eigenvalue weighted by Crippen LogP contribution is -2.17. The van der Waals surface area contributed by atoms with Crippen molar-refractivity contribution in [2.24, 2.45) is 0 Å². The summed E-state index contributed by atoms with van der Waals surface area (Å²) in [7, 11) is 5.04. The smallest absolute Gasteiger partial charge is 0.160 e. The Kier molecular flexibility index (Phi) is 5.12. The summed E-state index contributed by atoms with van der Waals surface area (Å²) in [4.78, 5) is 2.10. The van der Waals surface area contributed by atoms with Crippen molar-refractivity contribution in [2.45, 2.75) is 13.1 Å². The van der Waals surface area contributed by atoms with E-state index in [0.29, 0.717) is 24.6 Å². The number of nitrogens with zero attached hydrogens (tertiary/aromatic N) is 1. The van der Waals surface area contributed by atoms with Crippen LogP contribution in [0.15, 0.2) is 36.4 Å². The Morgan fingerprint density at radius 1 is 0.818 bits per heavy atom. The molecule has 2 aromatic carbocycles. The second kappa shape index (κ2) is 7.04. The Morgan fingerprint density at radius 3 is 2.00 bits per heavy atom. The number of rotatable bonds is 6. The molecule has 2 aromatic rings. The van der Waals surface area contributed by atoms with E-state index in [4.69, 9.17) is 9.47 Å². The molecule has 0 aliphatic rings. The number of methoxy groups -OCH3 is 2. The van der Waals surface area contributed by atoms with Crippen molar-refractivity contribution in [1.29, 1.82) is 0 Å². The van der Waals surface area contributed by atoms with Gasteiger partial charge in [0.2, 0.25) is 0 Å². The molecular formula is C17H21NO4. The van der Waals surface area contributed by atoms with Crippen LogP contribution >= 0.6 is 0 Å². The summed E-state index contributed by atoms with van der Waals surface area (Å²) in [6.45, 7) is 1.38. The minimum atomic E-state index is 0.133. The number of hydrogen-bond acceptors (Lipinski definition) is 5. The van der Waals surface area contributed by atoms with Gasteiger partial charge < -0.3 is 19.7 Å². The molecule has 5 nitrogen and oxygen atoms in total. The second-order valence-corrected chi connectivity index (χ2v) is 5.18. The summed E-state index contributed by atoms with van der Waals surface area (Å²) in [5.41, 5.74) is 2.03. The zero-order chi connectivity index (χ0) is 16.1. The van der Waals surface area contributed by atoms with E-state index in [1.54, 1.807) is 18.2 Å². The van der Waals surface area contributed by atoms with Crippen molar-refractivity contribution in [1.82, 2.24) is 4.90 Å². The van der Waals surface area contributed by atoms with E-state index in [0.717, 1.165) is 11.1 Å². The highest BCUT2D eigenvalue weighted by molar-refractivity contribution is 5.42. The fourth-order valence-corrected chi connectivity index (χ4v) is 2.33. The van der Waals surface area contributed by atoms with Crippen LogP contribution in [-0.2, 0) is 13.1 Å². The first-order chi connectivity index (χ1) is 10.5. The first kappa shape index (κ1) is 16.0. The third-order valence-electron chi connectivity index (χ3n) is 3.39. The molecule has 0 radical (unpaired) electrons. The average molecular weight is 303 g/mol. The van der Waals surface area contributed by atoms with E-state index in [2.05, 4.69) is 4.90 Å². The molecule has 0 unspecified atom stereocenters. The van der Waals surface area contributed by atoms with Crippen LogP contribution in [0.3, 0.4) is 0 Å². The molecule has 2 N–H and O–H groups in total. The lowest BCUT2D eigenvalue weighted by Gasteiger charge is -2.18. The Bertz CT molecular complexity index is 643. The average Bonchev–Trinajstić information content (AvgIpc) is 2.49. The minimum Gasteiger partial charge on any atom is -0.504 e. The summed E-state index contributed by atoms with van der Waals surface area (Å²) in [6, 6.07) is 10.7. The molecule has 0 fully saturated rings. The predicted molar refractivity (Wildman–Crippen MR) is 84.5 cm³/mol. The van der Waals surface area contributed by atoms with Gasteiger partial charge in [-0.05, 0) is 42.4 Å². The Labute approximate surface area is 130 Å². The summed E-state index contributed by atoms with van der Waals surface area (Å²) >= 11 is 0. The van der Waals surface area contributed by atoms with E-state index in [1.807, 2.05) is 25.2 Å². The van der Waals surface area contributed by atoms with Crippen LogP contribution in [0.4, 0.5) is 0 Å². The summed E-state index contributed by atoms with van der Waals surface area (Å²) in [5, 5.41) is 19.4. The summed E-state index contributed by atoms with van der Waals surface area (Å²) < 4.78 is 10.1. The number of ether oxygens (including phenoxy) is 2. The highest BCUT2D eigenvalue weighted by Crippen LogP contribution is 2.28. The van der Waals surface area contributed by atoms with Gasteiger partial charge in [0.25, 0.3) is 0 Å². The van der Waals surface area contributed by atoms with Gasteiger partial charge in [0.05, 0.1) is 14.2 Å². The molecule has 22 heavy (non-hydrogen) atoms. The van der Waals surface area contributed by atoms with Gasteiger partial charge in [0, 0.05) is 13.1 Å². The third kappa shape index (κ3) is 3.83. The lowest BCUT2D eigenvalue weighted by molar-refractivity contribution is 0.315. The molecule has 118 valence electrons. The van der Waals surface area contributed by atoms with Crippen LogP contribution < -0.4 is 9.47 Å². The largest absolute Gasteiger partial charge is 0.504 e. The van der Waals surface area contributed by atoms with Crippen LogP contribution in [0.1, 0.15) is 11.1 Å². The van der Waals surface area contributed by atoms with E-state index in [-0.39, 0.29) is 11.5 Å². The van der Waals surface area contributed by atoms with Crippen LogP contribution in [0.25, 0.3) is 0 Å². The molecule has 0 saturated carbocycles. The van der Waals surface area contributed by atoms with E-state index < -0.39 is 0 Å². The van der Waals surface area contributed by atoms with Gasteiger partial charge in [-0.15, -0.1) is 0 Å². The molecular weight excluding hydrogens is 282 g/mol. The van der Waals surface area contributed by atoms with Crippen molar-refractivity contribution in [3.63, 3.8) is 0 Å². The van der Waals surface area contributed by atoms with E-state index in [9.17, 15) is 10.2 Å². The fourth-order valence-electron chi connectivity index (χ4n) is 2.33. The molecule has 0 amide bonds. The normalized spacial score (nSPS) is 10.7. The Hall–Kier alpha value is -2.40. The zero-order valence-corrected chi connectivity index (χ0v) is 13.0. The van der Waals surface area contributed by atoms with Crippen LogP contribution in [0.2, 0.25) is 0 Å². The van der Waals surface area contributed by atoms with Crippen molar-refractivity contribution < 1.29 is 19.7 Å². The summed E-state index contributed by atoms with van der Waals surface area (Å²) in [6.07, 6.45) is 0. The van der Waals surface area contributed by atoms with Gasteiger partial charge in [0.15, 0.2) is 23.0 Å². The lowest BCUT2D eigenvalue weighted by atomic mass is 10.1.